The average molecular weight is 296 g/mol. The molecule has 1 aromatic rings. The molecule has 2 unspecified atom stereocenters. The maximum absolute atomic E-state index is 12.0. The molecule has 1 aromatic carbocycles. The molecule has 5 heteroatoms. The Labute approximate surface area is 122 Å². The van der Waals surface area contributed by atoms with Crippen LogP contribution in [0.4, 0.5) is 0 Å². The van der Waals surface area contributed by atoms with Crippen molar-refractivity contribution in [3.05, 3.63) is 29.8 Å². The molecule has 0 amide bonds. The zero-order chi connectivity index (χ0) is 14.9. The van der Waals surface area contributed by atoms with Gasteiger partial charge in [0.15, 0.2) is 0 Å². The normalized spacial score (nSPS) is 19.1. The summed E-state index contributed by atoms with van der Waals surface area (Å²) in [5, 5.41) is 3.58. The summed E-state index contributed by atoms with van der Waals surface area (Å²) in [6.07, 6.45) is 2.64. The molecule has 20 heavy (non-hydrogen) atoms. The lowest BCUT2D eigenvalue weighted by Gasteiger charge is -2.20. The number of sulfonamides is 1. The fraction of sp³-hybridized carbons (Fsp3) is 0.600. The van der Waals surface area contributed by atoms with E-state index in [4.69, 9.17) is 0 Å². The van der Waals surface area contributed by atoms with Gasteiger partial charge in [-0.2, -0.15) is 0 Å². The van der Waals surface area contributed by atoms with Crippen molar-refractivity contribution in [1.29, 1.82) is 0 Å². The topological polar surface area (TPSA) is 49.4 Å². The van der Waals surface area contributed by atoms with E-state index in [1.165, 1.54) is 17.1 Å². The zero-order valence-corrected chi connectivity index (χ0v) is 13.4. The van der Waals surface area contributed by atoms with Gasteiger partial charge in [0.25, 0.3) is 0 Å². The van der Waals surface area contributed by atoms with Crippen molar-refractivity contribution < 1.29 is 8.42 Å². The number of benzene rings is 1. The van der Waals surface area contributed by atoms with Gasteiger partial charge < -0.3 is 5.32 Å². The van der Waals surface area contributed by atoms with Gasteiger partial charge in [-0.3, -0.25) is 0 Å². The lowest BCUT2D eigenvalue weighted by Crippen LogP contribution is -2.30. The molecule has 0 aliphatic heterocycles. The summed E-state index contributed by atoms with van der Waals surface area (Å²) >= 11 is 0. The number of rotatable bonds is 6. The van der Waals surface area contributed by atoms with Gasteiger partial charge in [0.05, 0.1) is 4.90 Å². The Kier molecular flexibility index (Phi) is 4.52. The molecular weight excluding hydrogens is 272 g/mol. The van der Waals surface area contributed by atoms with Crippen molar-refractivity contribution in [2.45, 2.75) is 43.7 Å². The van der Waals surface area contributed by atoms with Crippen LogP contribution in [-0.2, 0) is 10.0 Å². The molecule has 0 saturated heterocycles. The van der Waals surface area contributed by atoms with Crippen LogP contribution >= 0.6 is 0 Å². The first-order chi connectivity index (χ1) is 9.32. The van der Waals surface area contributed by atoms with E-state index in [1.807, 2.05) is 12.1 Å². The minimum Gasteiger partial charge on any atom is -0.307 e. The fourth-order valence-corrected chi connectivity index (χ4v) is 3.26. The highest BCUT2D eigenvalue weighted by Gasteiger charge is 2.28. The summed E-state index contributed by atoms with van der Waals surface area (Å²) in [6, 6.07) is 7.92. The highest BCUT2D eigenvalue weighted by atomic mass is 32.2. The van der Waals surface area contributed by atoms with E-state index in [9.17, 15) is 8.42 Å². The Hall–Kier alpha value is -0.910. The molecule has 0 aromatic heterocycles. The van der Waals surface area contributed by atoms with E-state index in [0.29, 0.717) is 10.9 Å². The maximum Gasteiger partial charge on any atom is 0.242 e. The molecule has 1 aliphatic carbocycles. The van der Waals surface area contributed by atoms with E-state index in [2.05, 4.69) is 19.2 Å². The molecule has 2 rings (SSSR count). The van der Waals surface area contributed by atoms with Crippen LogP contribution in [-0.4, -0.2) is 32.9 Å². The fourth-order valence-electron chi connectivity index (χ4n) is 2.36. The number of hydrogen-bond donors (Lipinski definition) is 1. The molecule has 0 radical (unpaired) electrons. The van der Waals surface area contributed by atoms with Crippen LogP contribution in [0, 0.1) is 5.92 Å². The van der Waals surface area contributed by atoms with E-state index in [1.54, 1.807) is 26.2 Å². The molecule has 0 bridgehead atoms. The number of nitrogens with one attached hydrogen (secondary N) is 1. The molecule has 1 fully saturated rings. The summed E-state index contributed by atoms with van der Waals surface area (Å²) in [4.78, 5) is 0.341. The van der Waals surface area contributed by atoms with Crippen LogP contribution in [0.3, 0.4) is 0 Å². The first kappa shape index (κ1) is 15.5. The minimum atomic E-state index is -3.33. The lowest BCUT2D eigenvalue weighted by molar-refractivity contribution is 0.441. The third-order valence-electron chi connectivity index (χ3n) is 4.00. The summed E-state index contributed by atoms with van der Waals surface area (Å²) in [6.45, 7) is 4.34. The third kappa shape index (κ3) is 3.40. The smallest absolute Gasteiger partial charge is 0.242 e. The average Bonchev–Trinajstić information content (AvgIpc) is 3.22. The van der Waals surface area contributed by atoms with Crippen molar-refractivity contribution >= 4 is 10.0 Å². The van der Waals surface area contributed by atoms with Crippen LogP contribution in [0.5, 0.6) is 0 Å². The van der Waals surface area contributed by atoms with Crippen molar-refractivity contribution in [3.8, 4) is 0 Å². The zero-order valence-electron chi connectivity index (χ0n) is 12.6. The van der Waals surface area contributed by atoms with Gasteiger partial charge in [-0.05, 0) is 50.3 Å². The monoisotopic (exact) mass is 296 g/mol. The van der Waals surface area contributed by atoms with Crippen molar-refractivity contribution in [1.82, 2.24) is 9.62 Å². The maximum atomic E-state index is 12.0. The summed E-state index contributed by atoms with van der Waals surface area (Å²) in [5.41, 5.74) is 1.12. The van der Waals surface area contributed by atoms with Crippen molar-refractivity contribution in [2.24, 2.45) is 5.92 Å². The van der Waals surface area contributed by atoms with E-state index >= 15 is 0 Å². The second-order valence-corrected chi connectivity index (χ2v) is 8.02. The Morgan fingerprint density at radius 1 is 1.15 bits per heavy atom. The Morgan fingerprint density at radius 2 is 1.70 bits per heavy atom. The van der Waals surface area contributed by atoms with Gasteiger partial charge in [0, 0.05) is 26.2 Å². The standard InChI is InChI=1S/C15H24N2O2S/c1-11(13-5-6-13)16-12(2)14-7-9-15(10-8-14)20(18,19)17(3)4/h7-13,16H,5-6H2,1-4H3. The molecule has 4 nitrogen and oxygen atoms in total. The Morgan fingerprint density at radius 3 is 2.15 bits per heavy atom. The van der Waals surface area contributed by atoms with Crippen LogP contribution in [0.25, 0.3) is 0 Å². The van der Waals surface area contributed by atoms with E-state index in [0.717, 1.165) is 11.5 Å². The molecule has 0 heterocycles. The highest BCUT2D eigenvalue weighted by Crippen LogP contribution is 2.33. The third-order valence-corrected chi connectivity index (χ3v) is 5.83. The van der Waals surface area contributed by atoms with Gasteiger partial charge >= 0.3 is 0 Å². The Bertz CT molecular complexity index is 548. The predicted molar refractivity (Wildman–Crippen MR) is 81.1 cm³/mol. The van der Waals surface area contributed by atoms with E-state index < -0.39 is 10.0 Å². The van der Waals surface area contributed by atoms with Gasteiger partial charge in [-0.15, -0.1) is 0 Å². The molecular formula is C15H24N2O2S. The second-order valence-electron chi connectivity index (χ2n) is 5.87. The molecule has 1 saturated carbocycles. The van der Waals surface area contributed by atoms with Gasteiger partial charge in [0.2, 0.25) is 10.0 Å². The summed E-state index contributed by atoms with van der Waals surface area (Å²) in [7, 11) is -0.240. The molecule has 112 valence electrons. The first-order valence-electron chi connectivity index (χ1n) is 7.11. The van der Waals surface area contributed by atoms with Crippen molar-refractivity contribution in [3.63, 3.8) is 0 Å². The van der Waals surface area contributed by atoms with Gasteiger partial charge in [-0.1, -0.05) is 12.1 Å². The second kappa shape index (κ2) is 5.84. The Balaban J connectivity index is 2.07. The summed E-state index contributed by atoms with van der Waals surface area (Å²) in [5.74, 6) is 0.811. The van der Waals surface area contributed by atoms with Crippen LogP contribution in [0.1, 0.15) is 38.3 Å². The van der Waals surface area contributed by atoms with Gasteiger partial charge in [-0.25, -0.2) is 12.7 Å². The SMILES string of the molecule is CC(NC(C)C1CC1)c1ccc(S(=O)(=O)N(C)C)cc1. The molecule has 1 N–H and O–H groups in total. The lowest BCUT2D eigenvalue weighted by atomic mass is 10.1. The van der Waals surface area contributed by atoms with Crippen LogP contribution < -0.4 is 5.32 Å². The quantitative estimate of drug-likeness (QED) is 0.877. The highest BCUT2D eigenvalue weighted by molar-refractivity contribution is 7.89. The predicted octanol–water partition coefficient (Wildman–Crippen LogP) is 2.39. The minimum absolute atomic E-state index is 0.238. The number of nitrogens with zero attached hydrogens (tertiary/aromatic N) is 1. The number of hydrogen-bond acceptors (Lipinski definition) is 3. The molecule has 2 atom stereocenters. The largest absolute Gasteiger partial charge is 0.307 e. The molecule has 1 aliphatic rings. The van der Waals surface area contributed by atoms with Gasteiger partial charge in [0.1, 0.15) is 0 Å². The molecule has 0 spiro atoms. The van der Waals surface area contributed by atoms with E-state index in [-0.39, 0.29) is 6.04 Å². The first-order valence-corrected chi connectivity index (χ1v) is 8.55. The van der Waals surface area contributed by atoms with Crippen LogP contribution in [0.15, 0.2) is 29.2 Å². The summed E-state index contributed by atoms with van der Waals surface area (Å²) < 4.78 is 25.2. The van der Waals surface area contributed by atoms with Crippen LogP contribution in [0.2, 0.25) is 0 Å². The van der Waals surface area contributed by atoms with Crippen molar-refractivity contribution in [2.75, 3.05) is 14.1 Å².